The Kier molecular flexibility index (Phi) is 10.8. The summed E-state index contributed by atoms with van der Waals surface area (Å²) in [5.74, 6) is -1.39. The standard InChI is InChI=1S/C14H12N2O3.C7H5NO4.C7H9N/c1-10-2-6-12(7-3-10)15-14(17)11-4-8-13(9-5-11)16(18)19;9-7(10)5-1-3-6(4-2-5)8(11)12;1-6-2-4-7(8)5-3-6/h2-9H,1H3,(H,15,17);1-4H,(H,9,10);2-5H,8H2,1H3. The molecular formula is C28H26N4O7. The minimum absolute atomic E-state index is 0.0353. The molecule has 4 aromatic rings. The SMILES string of the molecule is Cc1ccc(N)cc1.Cc1ccc(NC(=O)c2ccc([N+](=O)[O-])cc2)cc1.O=C(O)c1ccc([N+](=O)[O-])cc1. The van der Waals surface area contributed by atoms with Gasteiger partial charge in [0.05, 0.1) is 15.4 Å². The number of rotatable bonds is 5. The maximum Gasteiger partial charge on any atom is 0.335 e. The van der Waals surface area contributed by atoms with E-state index in [9.17, 15) is 29.8 Å². The van der Waals surface area contributed by atoms with Gasteiger partial charge >= 0.3 is 5.97 Å². The van der Waals surface area contributed by atoms with Gasteiger partial charge in [0.1, 0.15) is 0 Å². The number of aromatic carboxylic acids is 1. The van der Waals surface area contributed by atoms with Gasteiger partial charge < -0.3 is 16.2 Å². The minimum Gasteiger partial charge on any atom is -0.478 e. The summed E-state index contributed by atoms with van der Waals surface area (Å²) in [6.45, 7) is 4.00. The topological polar surface area (TPSA) is 179 Å². The largest absolute Gasteiger partial charge is 0.478 e. The van der Waals surface area contributed by atoms with Crippen molar-refractivity contribution in [2.45, 2.75) is 13.8 Å². The third-order valence-electron chi connectivity index (χ3n) is 5.05. The van der Waals surface area contributed by atoms with Crippen LogP contribution in [0.2, 0.25) is 0 Å². The molecular weight excluding hydrogens is 504 g/mol. The summed E-state index contributed by atoms with van der Waals surface area (Å²) in [6.07, 6.45) is 0. The van der Waals surface area contributed by atoms with Gasteiger partial charge in [-0.1, -0.05) is 35.4 Å². The highest BCUT2D eigenvalue weighted by Gasteiger charge is 2.09. The molecule has 0 aliphatic rings. The monoisotopic (exact) mass is 530 g/mol. The Labute approximate surface area is 223 Å². The Balaban J connectivity index is 0.000000227. The van der Waals surface area contributed by atoms with Gasteiger partial charge in [0.2, 0.25) is 0 Å². The van der Waals surface area contributed by atoms with E-state index in [2.05, 4.69) is 5.32 Å². The highest BCUT2D eigenvalue weighted by atomic mass is 16.6. The fraction of sp³-hybridized carbons (Fsp3) is 0.0714. The van der Waals surface area contributed by atoms with E-state index in [0.717, 1.165) is 23.4 Å². The van der Waals surface area contributed by atoms with Crippen LogP contribution in [0.5, 0.6) is 0 Å². The molecule has 4 rings (SSSR count). The molecule has 11 heteroatoms. The van der Waals surface area contributed by atoms with Gasteiger partial charge in [-0.3, -0.25) is 25.0 Å². The molecule has 0 heterocycles. The Morgan fingerprint density at radius 3 is 1.41 bits per heavy atom. The van der Waals surface area contributed by atoms with E-state index in [-0.39, 0.29) is 22.8 Å². The van der Waals surface area contributed by atoms with Crippen LogP contribution in [0.4, 0.5) is 22.7 Å². The molecule has 0 unspecified atom stereocenters. The van der Waals surface area contributed by atoms with Crippen LogP contribution in [0.1, 0.15) is 31.8 Å². The first-order valence-corrected chi connectivity index (χ1v) is 11.4. The van der Waals surface area contributed by atoms with Gasteiger partial charge in [0.15, 0.2) is 0 Å². The number of amides is 1. The molecule has 0 spiro atoms. The van der Waals surface area contributed by atoms with E-state index in [1.165, 1.54) is 42.0 Å². The zero-order chi connectivity index (χ0) is 28.9. The van der Waals surface area contributed by atoms with Crippen LogP contribution in [0.3, 0.4) is 0 Å². The molecule has 0 fully saturated rings. The molecule has 200 valence electrons. The summed E-state index contributed by atoms with van der Waals surface area (Å²) in [4.78, 5) is 41.8. The molecule has 0 radical (unpaired) electrons. The summed E-state index contributed by atoms with van der Waals surface area (Å²) >= 11 is 0. The summed E-state index contributed by atoms with van der Waals surface area (Å²) < 4.78 is 0. The molecule has 4 aromatic carbocycles. The average molecular weight is 531 g/mol. The number of carbonyl (C=O) groups is 2. The van der Waals surface area contributed by atoms with Crippen molar-refractivity contribution in [3.8, 4) is 0 Å². The quantitative estimate of drug-likeness (QED) is 0.159. The van der Waals surface area contributed by atoms with Crippen molar-refractivity contribution < 1.29 is 24.5 Å². The van der Waals surface area contributed by atoms with Crippen LogP contribution in [0.15, 0.2) is 97.1 Å². The first-order valence-electron chi connectivity index (χ1n) is 11.4. The number of benzene rings is 4. The van der Waals surface area contributed by atoms with Crippen molar-refractivity contribution in [1.29, 1.82) is 0 Å². The van der Waals surface area contributed by atoms with Crippen molar-refractivity contribution >= 4 is 34.6 Å². The maximum absolute atomic E-state index is 11.9. The number of hydrogen-bond acceptors (Lipinski definition) is 7. The Morgan fingerprint density at radius 1 is 0.667 bits per heavy atom. The van der Waals surface area contributed by atoms with Crippen LogP contribution in [0, 0.1) is 34.1 Å². The average Bonchev–Trinajstić information content (AvgIpc) is 2.92. The molecule has 0 bridgehead atoms. The summed E-state index contributed by atoms with van der Waals surface area (Å²) in [7, 11) is 0. The predicted molar refractivity (Wildman–Crippen MR) is 148 cm³/mol. The summed E-state index contributed by atoms with van der Waals surface area (Å²) in [6, 6.07) is 25.4. The number of nitrogens with two attached hydrogens (primary N) is 1. The van der Waals surface area contributed by atoms with Gasteiger partial charge in [-0.05, 0) is 62.4 Å². The smallest absolute Gasteiger partial charge is 0.335 e. The number of anilines is 2. The molecule has 0 aliphatic carbocycles. The van der Waals surface area contributed by atoms with Crippen molar-refractivity contribution in [2.24, 2.45) is 0 Å². The number of nitro benzene ring substituents is 2. The van der Waals surface area contributed by atoms with Gasteiger partial charge in [0, 0.05) is 41.2 Å². The Morgan fingerprint density at radius 2 is 1.05 bits per heavy atom. The van der Waals surface area contributed by atoms with Crippen molar-refractivity contribution in [3.05, 3.63) is 140 Å². The fourth-order valence-corrected chi connectivity index (χ4v) is 2.87. The van der Waals surface area contributed by atoms with Crippen LogP contribution < -0.4 is 11.1 Å². The van der Waals surface area contributed by atoms with E-state index in [4.69, 9.17) is 10.8 Å². The minimum atomic E-state index is -1.09. The molecule has 39 heavy (non-hydrogen) atoms. The highest BCUT2D eigenvalue weighted by Crippen LogP contribution is 2.15. The molecule has 0 saturated heterocycles. The van der Waals surface area contributed by atoms with Gasteiger partial charge in [-0.15, -0.1) is 0 Å². The number of non-ortho nitro benzene ring substituents is 2. The molecule has 11 nitrogen and oxygen atoms in total. The van der Waals surface area contributed by atoms with E-state index < -0.39 is 15.8 Å². The van der Waals surface area contributed by atoms with Crippen LogP contribution in [-0.4, -0.2) is 26.8 Å². The lowest BCUT2D eigenvalue weighted by Gasteiger charge is -2.05. The number of carboxylic acid groups (broad SMARTS) is 1. The Hall–Kier alpha value is -5.58. The summed E-state index contributed by atoms with van der Waals surface area (Å²) in [5.41, 5.74) is 9.58. The lowest BCUT2D eigenvalue weighted by Crippen LogP contribution is -2.11. The molecule has 1 amide bonds. The van der Waals surface area contributed by atoms with E-state index in [0.29, 0.717) is 11.3 Å². The van der Waals surface area contributed by atoms with Crippen LogP contribution in [-0.2, 0) is 0 Å². The Bertz CT molecular complexity index is 1370. The molecule has 4 N–H and O–H groups in total. The number of nitro groups is 2. The number of carboxylic acids is 1. The second-order valence-electron chi connectivity index (χ2n) is 8.14. The molecule has 0 atom stereocenters. The number of carbonyl (C=O) groups excluding carboxylic acids is 1. The second-order valence-corrected chi connectivity index (χ2v) is 8.14. The zero-order valence-electron chi connectivity index (χ0n) is 21.1. The molecule has 0 saturated carbocycles. The number of nitrogens with one attached hydrogen (secondary N) is 1. The third kappa shape index (κ3) is 10.1. The van der Waals surface area contributed by atoms with Gasteiger partial charge in [-0.25, -0.2) is 4.79 Å². The highest BCUT2D eigenvalue weighted by molar-refractivity contribution is 6.04. The van der Waals surface area contributed by atoms with Gasteiger partial charge in [-0.2, -0.15) is 0 Å². The number of aryl methyl sites for hydroxylation is 2. The van der Waals surface area contributed by atoms with Crippen molar-refractivity contribution in [1.82, 2.24) is 0 Å². The second kappa shape index (κ2) is 14.2. The van der Waals surface area contributed by atoms with E-state index in [1.807, 2.05) is 50.2 Å². The molecule has 0 aliphatic heterocycles. The van der Waals surface area contributed by atoms with Crippen LogP contribution >= 0.6 is 0 Å². The van der Waals surface area contributed by atoms with Crippen molar-refractivity contribution in [2.75, 3.05) is 11.1 Å². The van der Waals surface area contributed by atoms with Gasteiger partial charge in [0.25, 0.3) is 17.3 Å². The number of hydrogen-bond donors (Lipinski definition) is 3. The first-order chi connectivity index (χ1) is 18.5. The predicted octanol–water partition coefficient (Wildman–Crippen LogP) is 6.03. The normalized spacial score (nSPS) is 9.59. The van der Waals surface area contributed by atoms with Crippen LogP contribution in [0.25, 0.3) is 0 Å². The lowest BCUT2D eigenvalue weighted by atomic mass is 10.2. The first kappa shape index (κ1) is 29.6. The zero-order valence-corrected chi connectivity index (χ0v) is 21.1. The third-order valence-corrected chi connectivity index (χ3v) is 5.05. The fourth-order valence-electron chi connectivity index (χ4n) is 2.87. The maximum atomic E-state index is 11.9. The van der Waals surface area contributed by atoms with E-state index in [1.54, 1.807) is 12.1 Å². The van der Waals surface area contributed by atoms with Crippen molar-refractivity contribution in [3.63, 3.8) is 0 Å². The number of nitrogens with zero attached hydrogens (tertiary/aromatic N) is 2. The lowest BCUT2D eigenvalue weighted by molar-refractivity contribution is -0.385. The molecule has 0 aromatic heterocycles. The number of nitrogen functional groups attached to an aromatic ring is 1. The summed E-state index contributed by atoms with van der Waals surface area (Å²) in [5, 5.41) is 31.8. The van der Waals surface area contributed by atoms with E-state index >= 15 is 0 Å².